The number of esters is 1. The number of aromatic nitrogens is 1. The third-order valence-electron chi connectivity index (χ3n) is 6.22. The van der Waals surface area contributed by atoms with Crippen LogP contribution in [-0.4, -0.2) is 47.6 Å². The molecule has 1 aromatic heterocycles. The Morgan fingerprint density at radius 3 is 2.40 bits per heavy atom. The predicted molar refractivity (Wildman–Crippen MR) is 152 cm³/mol. The van der Waals surface area contributed by atoms with Crippen LogP contribution in [0.25, 0.3) is 5.76 Å². The summed E-state index contributed by atoms with van der Waals surface area (Å²) >= 11 is 0.954. The SMILES string of the molecule is C=CCOc1ccc([C@@H]2C(=C(O)c3ccc(OCC)cc3C)C(=O)C(=O)N2c2nc(C)c(C(=O)OCC)s2)cc1. The summed E-state index contributed by atoms with van der Waals surface area (Å²) in [5.41, 5.74) is 1.87. The molecule has 0 saturated carbocycles. The first-order valence-electron chi connectivity index (χ1n) is 12.7. The number of hydrogen-bond acceptors (Lipinski definition) is 9. The molecule has 40 heavy (non-hydrogen) atoms. The van der Waals surface area contributed by atoms with Crippen LogP contribution in [-0.2, 0) is 14.3 Å². The summed E-state index contributed by atoms with van der Waals surface area (Å²) in [4.78, 5) is 45.4. The molecular formula is C30H30N2O7S. The molecule has 1 aliphatic rings. The molecule has 2 heterocycles. The van der Waals surface area contributed by atoms with Crippen molar-refractivity contribution in [3.8, 4) is 11.5 Å². The van der Waals surface area contributed by atoms with Gasteiger partial charge in [-0.25, -0.2) is 9.78 Å². The molecule has 10 heteroatoms. The van der Waals surface area contributed by atoms with Gasteiger partial charge in [0.05, 0.1) is 30.5 Å². The lowest BCUT2D eigenvalue weighted by atomic mass is 9.94. The minimum Gasteiger partial charge on any atom is -0.507 e. The molecule has 1 amide bonds. The Bertz CT molecular complexity index is 1490. The van der Waals surface area contributed by atoms with E-state index in [1.807, 2.05) is 6.92 Å². The molecular weight excluding hydrogens is 532 g/mol. The zero-order valence-corrected chi connectivity index (χ0v) is 23.5. The number of aliphatic hydroxyl groups is 1. The highest BCUT2D eigenvalue weighted by Gasteiger charge is 2.48. The second-order valence-corrected chi connectivity index (χ2v) is 9.86. The van der Waals surface area contributed by atoms with Crippen molar-refractivity contribution < 1.29 is 33.7 Å². The summed E-state index contributed by atoms with van der Waals surface area (Å²) in [5.74, 6) is -1.44. The maximum Gasteiger partial charge on any atom is 0.350 e. The number of carbonyl (C=O) groups excluding carboxylic acids is 3. The fourth-order valence-corrected chi connectivity index (χ4v) is 5.41. The van der Waals surface area contributed by atoms with Gasteiger partial charge in [-0.05, 0) is 69.2 Å². The van der Waals surface area contributed by atoms with Gasteiger partial charge in [0, 0.05) is 5.56 Å². The normalized spacial score (nSPS) is 16.2. The topological polar surface area (TPSA) is 115 Å². The van der Waals surface area contributed by atoms with Gasteiger partial charge in [0.15, 0.2) is 5.13 Å². The summed E-state index contributed by atoms with van der Waals surface area (Å²) in [6.45, 7) is 11.6. The van der Waals surface area contributed by atoms with Crippen LogP contribution in [0.4, 0.5) is 5.13 Å². The molecule has 1 fully saturated rings. The maximum absolute atomic E-state index is 13.5. The van der Waals surface area contributed by atoms with E-state index in [1.165, 1.54) is 4.90 Å². The number of rotatable bonds is 10. The smallest absolute Gasteiger partial charge is 0.350 e. The van der Waals surface area contributed by atoms with Gasteiger partial charge in [-0.3, -0.25) is 14.5 Å². The number of nitrogens with zero attached hydrogens (tertiary/aromatic N) is 2. The van der Waals surface area contributed by atoms with E-state index in [4.69, 9.17) is 14.2 Å². The van der Waals surface area contributed by atoms with E-state index < -0.39 is 23.7 Å². The van der Waals surface area contributed by atoms with Crippen LogP contribution in [0.3, 0.4) is 0 Å². The Balaban J connectivity index is 1.88. The van der Waals surface area contributed by atoms with E-state index in [0.29, 0.717) is 47.1 Å². The third-order valence-corrected chi connectivity index (χ3v) is 7.36. The number of ether oxygens (including phenoxy) is 3. The van der Waals surface area contributed by atoms with E-state index in [2.05, 4.69) is 11.6 Å². The highest BCUT2D eigenvalue weighted by molar-refractivity contribution is 7.17. The minimum atomic E-state index is -1.01. The predicted octanol–water partition coefficient (Wildman–Crippen LogP) is 5.53. The van der Waals surface area contributed by atoms with Gasteiger partial charge in [0.2, 0.25) is 0 Å². The van der Waals surface area contributed by atoms with Crippen molar-refractivity contribution in [3.63, 3.8) is 0 Å². The Morgan fingerprint density at radius 2 is 1.77 bits per heavy atom. The number of Topliss-reactive ketones (excluding diaryl/α,β-unsaturated/α-hetero) is 1. The minimum absolute atomic E-state index is 0.0949. The van der Waals surface area contributed by atoms with Gasteiger partial charge < -0.3 is 19.3 Å². The van der Waals surface area contributed by atoms with Gasteiger partial charge in [-0.15, -0.1) is 0 Å². The number of ketones is 1. The summed E-state index contributed by atoms with van der Waals surface area (Å²) in [7, 11) is 0. The average molecular weight is 563 g/mol. The first kappa shape index (κ1) is 28.6. The number of carbonyl (C=O) groups is 3. The summed E-state index contributed by atoms with van der Waals surface area (Å²) < 4.78 is 16.3. The summed E-state index contributed by atoms with van der Waals surface area (Å²) in [6.07, 6.45) is 1.62. The van der Waals surface area contributed by atoms with E-state index in [9.17, 15) is 19.5 Å². The first-order chi connectivity index (χ1) is 19.2. The third kappa shape index (κ3) is 5.48. The molecule has 0 aliphatic carbocycles. The highest BCUT2D eigenvalue weighted by atomic mass is 32.1. The van der Waals surface area contributed by atoms with Crippen molar-refractivity contribution in [1.82, 2.24) is 4.98 Å². The average Bonchev–Trinajstić information content (AvgIpc) is 3.44. The van der Waals surface area contributed by atoms with Gasteiger partial charge >= 0.3 is 11.9 Å². The molecule has 0 bridgehead atoms. The van der Waals surface area contributed by atoms with E-state index in [-0.39, 0.29) is 27.9 Å². The number of hydrogen-bond donors (Lipinski definition) is 1. The number of aliphatic hydroxyl groups excluding tert-OH is 1. The van der Waals surface area contributed by atoms with Gasteiger partial charge in [-0.2, -0.15) is 0 Å². The second-order valence-electron chi connectivity index (χ2n) is 8.88. The zero-order chi connectivity index (χ0) is 29.0. The van der Waals surface area contributed by atoms with Crippen LogP contribution < -0.4 is 14.4 Å². The van der Waals surface area contributed by atoms with Crippen LogP contribution in [0.15, 0.2) is 60.7 Å². The molecule has 3 aromatic rings. The fraction of sp³-hybridized carbons (Fsp3) is 0.267. The molecule has 1 aliphatic heterocycles. The molecule has 208 valence electrons. The van der Waals surface area contributed by atoms with Crippen LogP contribution in [0.2, 0.25) is 0 Å². The van der Waals surface area contributed by atoms with Gasteiger partial charge in [-0.1, -0.05) is 36.1 Å². The molecule has 0 unspecified atom stereocenters. The molecule has 1 saturated heterocycles. The van der Waals surface area contributed by atoms with Crippen LogP contribution >= 0.6 is 11.3 Å². The zero-order valence-electron chi connectivity index (χ0n) is 22.7. The standard InChI is InChI=1S/C30H30N2O7S/c1-6-15-39-20-11-9-19(10-12-20)24-23(25(33)22-14-13-21(37-7-2)16-17(22)4)26(34)28(35)32(24)30-31-18(5)27(40-30)29(36)38-8-3/h6,9-14,16,24,33H,1,7-8,15H2,2-5H3/t24-/m1/s1. The summed E-state index contributed by atoms with van der Waals surface area (Å²) in [6, 6.07) is 10.9. The molecule has 2 aromatic carbocycles. The molecule has 9 nitrogen and oxygen atoms in total. The largest absolute Gasteiger partial charge is 0.507 e. The van der Waals surface area contributed by atoms with Crippen molar-refractivity contribution in [2.75, 3.05) is 24.7 Å². The number of aryl methyl sites for hydroxylation is 2. The second kappa shape index (κ2) is 12.2. The van der Waals surface area contributed by atoms with Crippen LogP contribution in [0.1, 0.15) is 51.9 Å². The van der Waals surface area contributed by atoms with Crippen LogP contribution in [0, 0.1) is 13.8 Å². The number of amides is 1. The van der Waals surface area contributed by atoms with E-state index in [1.54, 1.807) is 69.3 Å². The number of benzene rings is 2. The highest BCUT2D eigenvalue weighted by Crippen LogP contribution is 2.44. The van der Waals surface area contributed by atoms with E-state index >= 15 is 0 Å². The van der Waals surface area contributed by atoms with Gasteiger partial charge in [0.1, 0.15) is 28.7 Å². The van der Waals surface area contributed by atoms with Crippen molar-refractivity contribution in [3.05, 3.63) is 88.0 Å². The quantitative estimate of drug-likeness (QED) is 0.113. The molecule has 1 N–H and O–H groups in total. The molecule has 1 atom stereocenters. The lowest BCUT2D eigenvalue weighted by Gasteiger charge is -2.23. The fourth-order valence-electron chi connectivity index (χ4n) is 4.42. The maximum atomic E-state index is 13.5. The van der Waals surface area contributed by atoms with Crippen molar-refractivity contribution in [2.24, 2.45) is 0 Å². The Hall–Kier alpha value is -4.44. The number of anilines is 1. The number of thiazole rings is 1. The Morgan fingerprint density at radius 1 is 1.07 bits per heavy atom. The van der Waals surface area contributed by atoms with Gasteiger partial charge in [0.25, 0.3) is 5.78 Å². The summed E-state index contributed by atoms with van der Waals surface area (Å²) in [5, 5.41) is 11.6. The van der Waals surface area contributed by atoms with Crippen molar-refractivity contribution >= 4 is 39.9 Å². The Labute approximate surface area is 236 Å². The first-order valence-corrected chi connectivity index (χ1v) is 13.6. The molecule has 0 radical (unpaired) electrons. The molecule has 4 rings (SSSR count). The molecule has 0 spiro atoms. The van der Waals surface area contributed by atoms with Crippen molar-refractivity contribution in [1.29, 1.82) is 0 Å². The van der Waals surface area contributed by atoms with Crippen molar-refractivity contribution in [2.45, 2.75) is 33.7 Å². The lowest BCUT2D eigenvalue weighted by Crippen LogP contribution is -2.29. The monoisotopic (exact) mass is 562 g/mol. The lowest BCUT2D eigenvalue weighted by molar-refractivity contribution is -0.132. The van der Waals surface area contributed by atoms with Crippen LogP contribution in [0.5, 0.6) is 11.5 Å². The van der Waals surface area contributed by atoms with E-state index in [0.717, 1.165) is 11.3 Å². The Kier molecular flexibility index (Phi) is 8.69.